The molecule has 0 saturated heterocycles. The molecule has 0 unspecified atom stereocenters. The van der Waals surface area contributed by atoms with E-state index in [0.29, 0.717) is 17.7 Å². The molecule has 12 heteroatoms. The number of thioether (sulfide) groups is 1. The van der Waals surface area contributed by atoms with Gasteiger partial charge in [0, 0.05) is 17.5 Å². The largest absolute Gasteiger partial charge is 0.416 e. The van der Waals surface area contributed by atoms with Gasteiger partial charge in [-0.1, -0.05) is 29.1 Å². The second-order valence-electron chi connectivity index (χ2n) is 5.97. The van der Waals surface area contributed by atoms with Crippen LogP contribution in [0.25, 0.3) is 11.4 Å². The molecule has 0 N–H and O–H groups in total. The zero-order chi connectivity index (χ0) is 20.4. The van der Waals surface area contributed by atoms with Gasteiger partial charge in [-0.25, -0.2) is 0 Å². The van der Waals surface area contributed by atoms with Gasteiger partial charge < -0.3 is 8.94 Å². The fraction of sp³-hybridized carbons (Fsp3) is 0.235. The van der Waals surface area contributed by atoms with Crippen LogP contribution in [-0.4, -0.2) is 30.1 Å². The van der Waals surface area contributed by atoms with Crippen LogP contribution in [0.5, 0.6) is 0 Å². The molecule has 1 aromatic carbocycles. The molecule has 0 aliphatic rings. The lowest BCUT2D eigenvalue weighted by Crippen LogP contribution is -2.04. The highest BCUT2D eigenvalue weighted by atomic mass is 32.2. The summed E-state index contributed by atoms with van der Waals surface area (Å²) in [5, 5.41) is 16.1. The molecular weight excluding hydrogens is 409 g/mol. The van der Waals surface area contributed by atoms with Crippen LogP contribution in [0.15, 0.2) is 50.7 Å². The van der Waals surface area contributed by atoms with Crippen molar-refractivity contribution in [3.05, 3.63) is 59.6 Å². The second kappa shape index (κ2) is 7.70. The first kappa shape index (κ1) is 19.2. The van der Waals surface area contributed by atoms with E-state index < -0.39 is 11.7 Å². The summed E-state index contributed by atoms with van der Waals surface area (Å²) < 4.78 is 50.9. The van der Waals surface area contributed by atoms with Gasteiger partial charge in [-0.05, 0) is 25.1 Å². The zero-order valence-electron chi connectivity index (χ0n) is 14.9. The second-order valence-corrected chi connectivity index (χ2v) is 6.90. The van der Waals surface area contributed by atoms with Gasteiger partial charge >= 0.3 is 6.18 Å². The Kier molecular flexibility index (Phi) is 5.09. The van der Waals surface area contributed by atoms with Crippen molar-refractivity contribution in [2.45, 2.75) is 30.6 Å². The van der Waals surface area contributed by atoms with Gasteiger partial charge in [0.05, 0.1) is 11.3 Å². The van der Waals surface area contributed by atoms with E-state index in [1.54, 1.807) is 10.9 Å². The minimum atomic E-state index is -4.44. The lowest BCUT2D eigenvalue weighted by atomic mass is 10.1. The minimum absolute atomic E-state index is 0.0760. The summed E-state index contributed by atoms with van der Waals surface area (Å²) in [7, 11) is 0. The third kappa shape index (κ3) is 4.47. The first-order chi connectivity index (χ1) is 13.9. The highest BCUT2D eigenvalue weighted by Crippen LogP contribution is 2.31. The summed E-state index contributed by atoms with van der Waals surface area (Å²) in [4.78, 5) is 4.13. The van der Waals surface area contributed by atoms with Gasteiger partial charge in [-0.15, -0.1) is 10.2 Å². The molecule has 0 atom stereocenters. The molecule has 29 heavy (non-hydrogen) atoms. The Hall–Kier alpha value is -3.15. The Bertz CT molecular complexity index is 1120. The van der Waals surface area contributed by atoms with Gasteiger partial charge in [-0.3, -0.25) is 4.68 Å². The average Bonchev–Trinajstić information content (AvgIpc) is 3.42. The number of hydrogen-bond acceptors (Lipinski definition) is 8. The van der Waals surface area contributed by atoms with Gasteiger partial charge in [0.25, 0.3) is 5.22 Å². The van der Waals surface area contributed by atoms with Crippen LogP contribution in [0.1, 0.15) is 23.0 Å². The van der Waals surface area contributed by atoms with E-state index in [1.165, 1.54) is 23.9 Å². The third-order valence-electron chi connectivity index (χ3n) is 3.90. The zero-order valence-corrected chi connectivity index (χ0v) is 15.7. The van der Waals surface area contributed by atoms with Gasteiger partial charge in [0.2, 0.25) is 17.6 Å². The molecule has 0 aliphatic heterocycles. The van der Waals surface area contributed by atoms with Crippen LogP contribution in [0.3, 0.4) is 0 Å². The van der Waals surface area contributed by atoms with E-state index in [1.807, 2.05) is 13.0 Å². The van der Waals surface area contributed by atoms with E-state index in [4.69, 9.17) is 8.94 Å². The molecule has 4 aromatic rings. The predicted molar refractivity (Wildman–Crippen MR) is 94.7 cm³/mol. The van der Waals surface area contributed by atoms with Crippen molar-refractivity contribution in [2.75, 3.05) is 0 Å². The summed E-state index contributed by atoms with van der Waals surface area (Å²) in [6.07, 6.45) is -2.76. The summed E-state index contributed by atoms with van der Waals surface area (Å²) in [5.41, 5.74) is 0.404. The first-order valence-electron chi connectivity index (χ1n) is 8.32. The van der Waals surface area contributed by atoms with Crippen LogP contribution >= 0.6 is 11.8 Å². The molecule has 3 aromatic heterocycles. The number of halogens is 3. The molecule has 150 valence electrons. The molecule has 0 fully saturated rings. The Morgan fingerprint density at radius 3 is 2.76 bits per heavy atom. The Labute approximate surface area is 166 Å². The van der Waals surface area contributed by atoms with Crippen molar-refractivity contribution in [3.63, 3.8) is 0 Å². The Morgan fingerprint density at radius 2 is 2.00 bits per heavy atom. The van der Waals surface area contributed by atoms with Crippen molar-refractivity contribution in [1.82, 2.24) is 30.1 Å². The SMILES string of the molecule is Cc1ccnn1Cc1nnc(SCc2nc(-c3cccc(C(F)(F)F)c3)no2)o1. The van der Waals surface area contributed by atoms with E-state index >= 15 is 0 Å². The van der Waals surface area contributed by atoms with Crippen LogP contribution in [0, 0.1) is 6.92 Å². The lowest BCUT2D eigenvalue weighted by molar-refractivity contribution is -0.137. The monoisotopic (exact) mass is 422 g/mol. The summed E-state index contributed by atoms with van der Waals surface area (Å²) in [6, 6.07) is 6.61. The first-order valence-corrected chi connectivity index (χ1v) is 9.31. The van der Waals surface area contributed by atoms with Gasteiger partial charge in [-0.2, -0.15) is 23.3 Å². The van der Waals surface area contributed by atoms with Crippen molar-refractivity contribution < 1.29 is 22.1 Å². The molecular formula is C17H13F3N6O2S. The molecule has 0 aliphatic carbocycles. The molecule has 8 nitrogen and oxygen atoms in total. The highest BCUT2D eigenvalue weighted by Gasteiger charge is 2.30. The third-order valence-corrected chi connectivity index (χ3v) is 4.70. The van der Waals surface area contributed by atoms with Crippen LogP contribution in [-0.2, 0) is 18.5 Å². The average molecular weight is 422 g/mol. The Balaban J connectivity index is 1.40. The Morgan fingerprint density at radius 1 is 1.14 bits per heavy atom. The topological polar surface area (TPSA) is 95.7 Å². The van der Waals surface area contributed by atoms with E-state index in [9.17, 15) is 13.2 Å². The fourth-order valence-corrected chi connectivity index (χ4v) is 3.06. The normalized spacial score (nSPS) is 11.9. The maximum Gasteiger partial charge on any atom is 0.416 e. The standard InChI is InChI=1S/C17H13F3N6O2S/c1-10-5-6-21-26(10)8-13-23-24-16(27-13)29-9-14-22-15(25-28-14)11-3-2-4-12(7-11)17(18,19)20/h2-7H,8-9H2,1H3. The van der Waals surface area contributed by atoms with E-state index in [-0.39, 0.29) is 23.0 Å². The maximum absolute atomic E-state index is 12.8. The van der Waals surface area contributed by atoms with Gasteiger partial charge in [0.15, 0.2) is 0 Å². The van der Waals surface area contributed by atoms with Crippen molar-refractivity contribution in [3.8, 4) is 11.4 Å². The molecule has 0 spiro atoms. The van der Waals surface area contributed by atoms with Crippen LogP contribution in [0.4, 0.5) is 13.2 Å². The molecule has 0 radical (unpaired) electrons. The van der Waals surface area contributed by atoms with E-state index in [0.717, 1.165) is 17.8 Å². The smallest absolute Gasteiger partial charge is 0.414 e. The number of benzene rings is 1. The predicted octanol–water partition coefficient (Wildman–Crippen LogP) is 3.98. The molecule has 0 amide bonds. The molecule has 0 saturated carbocycles. The van der Waals surface area contributed by atoms with Crippen LogP contribution < -0.4 is 0 Å². The number of aryl methyl sites for hydroxylation is 1. The van der Waals surface area contributed by atoms with Crippen LogP contribution in [0.2, 0.25) is 0 Å². The maximum atomic E-state index is 12.8. The van der Waals surface area contributed by atoms with Crippen molar-refractivity contribution in [1.29, 1.82) is 0 Å². The quantitative estimate of drug-likeness (QED) is 0.431. The molecule has 4 rings (SSSR count). The number of alkyl halides is 3. The summed E-state index contributed by atoms with van der Waals surface area (Å²) in [5.74, 6) is 0.931. The summed E-state index contributed by atoms with van der Waals surface area (Å²) in [6.45, 7) is 2.27. The van der Waals surface area contributed by atoms with Gasteiger partial charge in [0.1, 0.15) is 6.54 Å². The number of aromatic nitrogens is 6. The number of nitrogens with zero attached hydrogens (tertiary/aromatic N) is 6. The number of hydrogen-bond donors (Lipinski definition) is 0. The molecule has 0 bridgehead atoms. The van der Waals surface area contributed by atoms with Crippen molar-refractivity contribution in [2.24, 2.45) is 0 Å². The summed E-state index contributed by atoms with van der Waals surface area (Å²) >= 11 is 1.18. The highest BCUT2D eigenvalue weighted by molar-refractivity contribution is 7.98. The minimum Gasteiger partial charge on any atom is -0.414 e. The molecule has 3 heterocycles. The fourth-order valence-electron chi connectivity index (χ4n) is 2.44. The van der Waals surface area contributed by atoms with E-state index in [2.05, 4.69) is 25.4 Å². The van der Waals surface area contributed by atoms with Crippen molar-refractivity contribution >= 4 is 11.8 Å². The lowest BCUT2D eigenvalue weighted by Gasteiger charge is -2.06. The number of rotatable bonds is 6.